The van der Waals surface area contributed by atoms with Crippen LogP contribution in [0.15, 0.2) is 30.6 Å². The second-order valence-electron chi connectivity index (χ2n) is 4.97. The lowest BCUT2D eigenvalue weighted by molar-refractivity contribution is 0.450. The number of halogens is 1. The number of rotatable bonds is 7. The minimum absolute atomic E-state index is 0.132. The quantitative estimate of drug-likeness (QED) is 0.840. The number of nitrogens with zero attached hydrogens (tertiary/aromatic N) is 3. The van der Waals surface area contributed by atoms with Crippen molar-refractivity contribution in [2.24, 2.45) is 13.0 Å². The Kier molecular flexibility index (Phi) is 5.24. The maximum Gasteiger partial charge on any atom is 0.138 e. The van der Waals surface area contributed by atoms with Crippen LogP contribution in [-0.2, 0) is 19.9 Å². The molecule has 0 amide bonds. The highest BCUT2D eigenvalue weighted by atomic mass is 19.1. The third-order valence-corrected chi connectivity index (χ3v) is 3.43. The van der Waals surface area contributed by atoms with E-state index in [1.807, 2.05) is 19.2 Å². The van der Waals surface area contributed by atoms with E-state index in [9.17, 15) is 4.39 Å². The predicted molar refractivity (Wildman–Crippen MR) is 76.8 cm³/mol. The molecule has 2 rings (SSSR count). The third-order valence-electron chi connectivity index (χ3n) is 3.43. The lowest BCUT2D eigenvalue weighted by Crippen LogP contribution is -2.27. The van der Waals surface area contributed by atoms with Gasteiger partial charge in [-0.15, -0.1) is 0 Å². The number of aryl methyl sites for hydroxylation is 1. The Morgan fingerprint density at radius 2 is 2.10 bits per heavy atom. The summed E-state index contributed by atoms with van der Waals surface area (Å²) >= 11 is 0. The molecule has 1 aromatic heterocycles. The van der Waals surface area contributed by atoms with Gasteiger partial charge in [0.15, 0.2) is 0 Å². The van der Waals surface area contributed by atoms with Crippen molar-refractivity contribution in [3.8, 4) is 0 Å². The number of hydrogen-bond donors (Lipinski definition) is 1. The minimum Gasteiger partial charge on any atom is -0.317 e. The molecule has 0 saturated carbocycles. The van der Waals surface area contributed by atoms with Crippen molar-refractivity contribution in [1.29, 1.82) is 0 Å². The number of benzene rings is 1. The zero-order chi connectivity index (χ0) is 14.4. The van der Waals surface area contributed by atoms with Gasteiger partial charge in [-0.05, 0) is 37.1 Å². The van der Waals surface area contributed by atoms with Crippen molar-refractivity contribution < 1.29 is 4.39 Å². The smallest absolute Gasteiger partial charge is 0.138 e. The van der Waals surface area contributed by atoms with Crippen molar-refractivity contribution in [2.45, 2.75) is 19.8 Å². The van der Waals surface area contributed by atoms with E-state index in [0.717, 1.165) is 30.9 Å². The Labute approximate surface area is 119 Å². The average molecular weight is 276 g/mol. The van der Waals surface area contributed by atoms with E-state index in [-0.39, 0.29) is 5.82 Å². The molecule has 0 aliphatic heterocycles. The van der Waals surface area contributed by atoms with Gasteiger partial charge in [-0.25, -0.2) is 9.37 Å². The highest BCUT2D eigenvalue weighted by molar-refractivity contribution is 5.18. The summed E-state index contributed by atoms with van der Waals surface area (Å²) in [5, 5.41) is 7.43. The van der Waals surface area contributed by atoms with Gasteiger partial charge >= 0.3 is 0 Å². The fourth-order valence-electron chi connectivity index (χ4n) is 2.30. The molecule has 0 fully saturated rings. The average Bonchev–Trinajstić information content (AvgIpc) is 2.84. The number of hydrogen-bond acceptors (Lipinski definition) is 3. The molecular formula is C15H21FN4. The second-order valence-corrected chi connectivity index (χ2v) is 4.97. The van der Waals surface area contributed by atoms with Gasteiger partial charge in [0.2, 0.25) is 0 Å². The van der Waals surface area contributed by atoms with E-state index in [1.165, 1.54) is 6.07 Å². The Hall–Kier alpha value is -1.75. The van der Waals surface area contributed by atoms with Crippen LogP contribution in [0.25, 0.3) is 0 Å². The van der Waals surface area contributed by atoms with Crippen molar-refractivity contribution in [2.75, 3.05) is 13.1 Å². The van der Waals surface area contributed by atoms with Crippen LogP contribution in [0, 0.1) is 11.7 Å². The molecule has 4 nitrogen and oxygen atoms in total. The molecular weight excluding hydrogens is 255 g/mol. The Balaban J connectivity index is 2.07. The van der Waals surface area contributed by atoms with Crippen LogP contribution in [0.5, 0.6) is 0 Å². The van der Waals surface area contributed by atoms with Crippen molar-refractivity contribution in [3.05, 3.63) is 47.8 Å². The summed E-state index contributed by atoms with van der Waals surface area (Å²) in [6, 6.07) is 6.97. The van der Waals surface area contributed by atoms with Gasteiger partial charge < -0.3 is 5.32 Å². The molecule has 1 heterocycles. The Bertz CT molecular complexity index is 538. The van der Waals surface area contributed by atoms with Crippen LogP contribution >= 0.6 is 0 Å². The van der Waals surface area contributed by atoms with Crippen LogP contribution in [-0.4, -0.2) is 27.9 Å². The summed E-state index contributed by atoms with van der Waals surface area (Å²) in [5.74, 6) is 1.10. The third kappa shape index (κ3) is 3.87. The van der Waals surface area contributed by atoms with E-state index in [2.05, 4.69) is 22.3 Å². The molecule has 0 radical (unpaired) electrons. The second kappa shape index (κ2) is 7.14. The van der Waals surface area contributed by atoms with Crippen LogP contribution in [0.2, 0.25) is 0 Å². The lowest BCUT2D eigenvalue weighted by atomic mass is 9.95. The lowest BCUT2D eigenvalue weighted by Gasteiger charge is -2.17. The van der Waals surface area contributed by atoms with Crippen molar-refractivity contribution in [1.82, 2.24) is 20.1 Å². The summed E-state index contributed by atoms with van der Waals surface area (Å²) in [7, 11) is 1.88. The normalized spacial score (nSPS) is 12.6. The SMILES string of the molecule is CCNCC(Cc1ccccc1F)Cc1ncnn1C. The Morgan fingerprint density at radius 1 is 1.30 bits per heavy atom. The molecule has 2 aromatic rings. The fourth-order valence-corrected chi connectivity index (χ4v) is 2.30. The number of nitrogens with one attached hydrogen (secondary N) is 1. The van der Waals surface area contributed by atoms with Crippen molar-refractivity contribution >= 4 is 0 Å². The van der Waals surface area contributed by atoms with Crippen LogP contribution in [0.4, 0.5) is 4.39 Å². The van der Waals surface area contributed by atoms with Gasteiger partial charge in [0.05, 0.1) is 0 Å². The van der Waals surface area contributed by atoms with Crippen molar-refractivity contribution in [3.63, 3.8) is 0 Å². The summed E-state index contributed by atoms with van der Waals surface area (Å²) in [6.07, 6.45) is 3.05. The van der Waals surface area contributed by atoms with Gasteiger partial charge in [-0.1, -0.05) is 25.1 Å². The summed E-state index contributed by atoms with van der Waals surface area (Å²) in [6.45, 7) is 3.83. The minimum atomic E-state index is -0.132. The van der Waals surface area contributed by atoms with Crippen LogP contribution < -0.4 is 5.32 Å². The van der Waals surface area contributed by atoms with Gasteiger partial charge in [-0.3, -0.25) is 4.68 Å². The van der Waals surface area contributed by atoms with E-state index in [4.69, 9.17) is 0 Å². The first kappa shape index (κ1) is 14.7. The first-order valence-corrected chi connectivity index (χ1v) is 6.97. The molecule has 1 atom stereocenters. The van der Waals surface area contributed by atoms with Gasteiger partial charge in [0.1, 0.15) is 18.0 Å². The fraction of sp³-hybridized carbons (Fsp3) is 0.467. The largest absolute Gasteiger partial charge is 0.317 e. The highest BCUT2D eigenvalue weighted by Crippen LogP contribution is 2.15. The van der Waals surface area contributed by atoms with E-state index < -0.39 is 0 Å². The van der Waals surface area contributed by atoms with Gasteiger partial charge in [0.25, 0.3) is 0 Å². The zero-order valence-corrected chi connectivity index (χ0v) is 12.0. The summed E-state index contributed by atoms with van der Waals surface area (Å²) in [5.41, 5.74) is 0.762. The van der Waals surface area contributed by atoms with E-state index in [0.29, 0.717) is 12.3 Å². The van der Waals surface area contributed by atoms with Gasteiger partial charge in [0, 0.05) is 13.5 Å². The standard InChI is InChI=1S/C15H21FN4/c1-3-17-10-12(9-15-18-11-19-20(15)2)8-13-6-4-5-7-14(13)16/h4-7,11-12,17H,3,8-10H2,1-2H3. The maximum atomic E-state index is 13.8. The van der Waals surface area contributed by atoms with E-state index in [1.54, 1.807) is 17.1 Å². The predicted octanol–water partition coefficient (Wildman–Crippen LogP) is 1.97. The summed E-state index contributed by atoms with van der Waals surface area (Å²) in [4.78, 5) is 4.26. The van der Waals surface area contributed by atoms with E-state index >= 15 is 0 Å². The van der Waals surface area contributed by atoms with Crippen LogP contribution in [0.3, 0.4) is 0 Å². The topological polar surface area (TPSA) is 42.7 Å². The number of aromatic nitrogens is 3. The molecule has 0 aliphatic rings. The Morgan fingerprint density at radius 3 is 2.75 bits per heavy atom. The maximum absolute atomic E-state index is 13.8. The highest BCUT2D eigenvalue weighted by Gasteiger charge is 2.15. The molecule has 0 spiro atoms. The molecule has 0 bridgehead atoms. The first-order valence-electron chi connectivity index (χ1n) is 6.97. The molecule has 0 aliphatic carbocycles. The monoisotopic (exact) mass is 276 g/mol. The molecule has 108 valence electrons. The molecule has 0 saturated heterocycles. The van der Waals surface area contributed by atoms with Crippen LogP contribution in [0.1, 0.15) is 18.3 Å². The molecule has 1 unspecified atom stereocenters. The summed E-state index contributed by atoms with van der Waals surface area (Å²) < 4.78 is 15.6. The molecule has 1 aromatic carbocycles. The molecule has 20 heavy (non-hydrogen) atoms. The zero-order valence-electron chi connectivity index (χ0n) is 12.0. The molecule has 1 N–H and O–H groups in total. The molecule has 5 heteroatoms. The first-order chi connectivity index (χ1) is 9.70. The van der Waals surface area contributed by atoms with Gasteiger partial charge in [-0.2, -0.15) is 5.10 Å².